The van der Waals surface area contributed by atoms with Gasteiger partial charge in [0, 0.05) is 6.42 Å². The molecule has 0 radical (unpaired) electrons. The van der Waals surface area contributed by atoms with Gasteiger partial charge in [-0.15, -0.1) is 0 Å². The van der Waals surface area contributed by atoms with Crippen LogP contribution in [0, 0.1) is 5.92 Å². The van der Waals surface area contributed by atoms with Gasteiger partial charge in [0.2, 0.25) is 0 Å². The maximum atomic E-state index is 5.36. The molecule has 1 N–H and O–H groups in total. The Hall–Kier alpha value is -0.120. The van der Waals surface area contributed by atoms with E-state index in [1.165, 1.54) is 6.42 Å². The first-order chi connectivity index (χ1) is 5.45. The number of rotatable bonds is 2. The fourth-order valence-electron chi connectivity index (χ4n) is 1.73. The summed E-state index contributed by atoms with van der Waals surface area (Å²) < 4.78 is 10.7. The van der Waals surface area contributed by atoms with E-state index in [0.29, 0.717) is 0 Å². The summed E-state index contributed by atoms with van der Waals surface area (Å²) in [5.41, 5.74) is 0. The molecule has 0 saturated carbocycles. The Balaban J connectivity index is 1.71. The van der Waals surface area contributed by atoms with Crippen LogP contribution in [0.15, 0.2) is 0 Å². The van der Waals surface area contributed by atoms with Crippen LogP contribution in [-0.4, -0.2) is 32.6 Å². The van der Waals surface area contributed by atoms with Crippen molar-refractivity contribution in [3.63, 3.8) is 0 Å². The van der Waals surface area contributed by atoms with Crippen LogP contribution in [0.3, 0.4) is 0 Å². The number of ether oxygens (including phenoxy) is 2. The maximum Gasteiger partial charge on any atom is 0.158 e. The van der Waals surface area contributed by atoms with Crippen molar-refractivity contribution in [1.82, 2.24) is 5.32 Å². The molecule has 1 atom stereocenters. The van der Waals surface area contributed by atoms with Crippen molar-refractivity contribution in [1.29, 1.82) is 0 Å². The average molecular weight is 157 g/mol. The fourth-order valence-corrected chi connectivity index (χ4v) is 1.73. The molecule has 2 aliphatic rings. The van der Waals surface area contributed by atoms with Crippen LogP contribution in [0.4, 0.5) is 0 Å². The van der Waals surface area contributed by atoms with E-state index in [2.05, 4.69) is 5.32 Å². The Bertz CT molecular complexity index is 103. The average Bonchev–Trinajstić information content (AvgIpc) is 2.60. The Labute approximate surface area is 67.1 Å². The molecule has 0 bridgehead atoms. The highest BCUT2D eigenvalue weighted by atomic mass is 16.7. The fraction of sp³-hybridized carbons (Fsp3) is 1.00. The van der Waals surface area contributed by atoms with E-state index in [1.54, 1.807) is 0 Å². The summed E-state index contributed by atoms with van der Waals surface area (Å²) in [6.45, 7) is 3.87. The molecule has 3 heteroatoms. The van der Waals surface area contributed by atoms with Gasteiger partial charge in [0.15, 0.2) is 6.29 Å². The Morgan fingerprint density at radius 2 is 2.09 bits per heavy atom. The smallest absolute Gasteiger partial charge is 0.158 e. The van der Waals surface area contributed by atoms with Crippen molar-refractivity contribution < 1.29 is 9.47 Å². The molecule has 0 aromatic carbocycles. The third kappa shape index (κ3) is 1.92. The Morgan fingerprint density at radius 3 is 2.73 bits per heavy atom. The molecular weight excluding hydrogens is 142 g/mol. The summed E-state index contributed by atoms with van der Waals surface area (Å²) >= 11 is 0. The van der Waals surface area contributed by atoms with Crippen molar-refractivity contribution >= 4 is 0 Å². The molecule has 0 spiro atoms. The van der Waals surface area contributed by atoms with Crippen LogP contribution >= 0.6 is 0 Å². The predicted molar refractivity (Wildman–Crippen MR) is 41.3 cm³/mol. The lowest BCUT2D eigenvalue weighted by molar-refractivity contribution is -0.0553. The summed E-state index contributed by atoms with van der Waals surface area (Å²) in [4.78, 5) is 0. The molecule has 2 saturated heterocycles. The second kappa shape index (κ2) is 3.52. The molecule has 0 aromatic rings. The van der Waals surface area contributed by atoms with Gasteiger partial charge in [0.05, 0.1) is 13.2 Å². The molecule has 11 heavy (non-hydrogen) atoms. The third-order valence-electron chi connectivity index (χ3n) is 2.38. The molecule has 0 aliphatic carbocycles. The van der Waals surface area contributed by atoms with Crippen molar-refractivity contribution in [3.8, 4) is 0 Å². The van der Waals surface area contributed by atoms with Crippen molar-refractivity contribution in [2.24, 2.45) is 5.92 Å². The maximum absolute atomic E-state index is 5.36. The first-order valence-electron chi connectivity index (χ1n) is 4.39. The van der Waals surface area contributed by atoms with Gasteiger partial charge in [0.25, 0.3) is 0 Å². The molecule has 2 heterocycles. The second-order valence-corrected chi connectivity index (χ2v) is 3.27. The molecule has 2 aliphatic heterocycles. The summed E-state index contributed by atoms with van der Waals surface area (Å²) in [5.74, 6) is 0.776. The quantitative estimate of drug-likeness (QED) is 0.627. The lowest BCUT2D eigenvalue weighted by Crippen LogP contribution is -2.16. The predicted octanol–water partition coefficient (Wildman–Crippen LogP) is 0.359. The highest BCUT2D eigenvalue weighted by Crippen LogP contribution is 2.19. The number of nitrogens with one attached hydrogen (secondary N) is 1. The topological polar surface area (TPSA) is 30.5 Å². The van der Waals surface area contributed by atoms with Crippen LogP contribution in [0.1, 0.15) is 12.8 Å². The molecule has 0 amide bonds. The normalized spacial score (nSPS) is 33.3. The minimum Gasteiger partial charge on any atom is -0.350 e. The lowest BCUT2D eigenvalue weighted by atomic mass is 10.1. The molecule has 0 aromatic heterocycles. The monoisotopic (exact) mass is 157 g/mol. The first-order valence-corrected chi connectivity index (χ1v) is 4.39. The summed E-state index contributed by atoms with van der Waals surface area (Å²) in [5, 5.41) is 3.34. The van der Waals surface area contributed by atoms with Crippen molar-refractivity contribution in [2.75, 3.05) is 26.3 Å². The van der Waals surface area contributed by atoms with Gasteiger partial charge >= 0.3 is 0 Å². The van der Waals surface area contributed by atoms with Crippen LogP contribution in [-0.2, 0) is 9.47 Å². The minimum atomic E-state index is 0.0971. The summed E-state index contributed by atoms with van der Waals surface area (Å²) in [6, 6.07) is 0. The van der Waals surface area contributed by atoms with E-state index >= 15 is 0 Å². The van der Waals surface area contributed by atoms with E-state index in [4.69, 9.17) is 9.47 Å². The molecule has 64 valence electrons. The molecule has 2 fully saturated rings. The minimum absolute atomic E-state index is 0.0971. The van der Waals surface area contributed by atoms with Crippen LogP contribution < -0.4 is 5.32 Å². The molecule has 2 rings (SSSR count). The van der Waals surface area contributed by atoms with Gasteiger partial charge in [-0.05, 0) is 25.4 Å². The Morgan fingerprint density at radius 1 is 1.27 bits per heavy atom. The zero-order valence-electron chi connectivity index (χ0n) is 6.71. The first kappa shape index (κ1) is 7.53. The highest BCUT2D eigenvalue weighted by molar-refractivity contribution is 4.72. The van der Waals surface area contributed by atoms with Gasteiger partial charge < -0.3 is 14.8 Å². The van der Waals surface area contributed by atoms with Crippen LogP contribution in [0.5, 0.6) is 0 Å². The van der Waals surface area contributed by atoms with Gasteiger partial charge in [-0.3, -0.25) is 0 Å². The Kier molecular flexibility index (Phi) is 2.41. The van der Waals surface area contributed by atoms with Gasteiger partial charge in [-0.2, -0.15) is 0 Å². The standard InChI is InChI=1S/C8H15NO2/c1-2-9-6-7(1)5-8-10-3-4-11-8/h7-9H,1-6H2. The number of hydrogen-bond donors (Lipinski definition) is 1. The van der Waals surface area contributed by atoms with E-state index in [1.807, 2.05) is 0 Å². The third-order valence-corrected chi connectivity index (χ3v) is 2.38. The van der Waals surface area contributed by atoms with Gasteiger partial charge in [0.1, 0.15) is 0 Å². The number of hydrogen-bond acceptors (Lipinski definition) is 3. The lowest BCUT2D eigenvalue weighted by Gasteiger charge is -2.12. The molecule has 3 nitrogen and oxygen atoms in total. The molecular formula is C8H15NO2. The van der Waals surface area contributed by atoms with Crippen molar-refractivity contribution in [2.45, 2.75) is 19.1 Å². The van der Waals surface area contributed by atoms with Crippen molar-refractivity contribution in [3.05, 3.63) is 0 Å². The highest BCUT2D eigenvalue weighted by Gasteiger charge is 2.23. The SMILES string of the molecule is C1CC(CC2OCCO2)CN1. The van der Waals surface area contributed by atoms with E-state index in [0.717, 1.165) is 38.6 Å². The largest absolute Gasteiger partial charge is 0.350 e. The second-order valence-electron chi connectivity index (χ2n) is 3.27. The van der Waals surface area contributed by atoms with E-state index in [9.17, 15) is 0 Å². The summed E-state index contributed by atoms with van der Waals surface area (Å²) in [7, 11) is 0. The van der Waals surface area contributed by atoms with Gasteiger partial charge in [-0.1, -0.05) is 0 Å². The zero-order chi connectivity index (χ0) is 7.52. The molecule has 1 unspecified atom stereocenters. The summed E-state index contributed by atoms with van der Waals surface area (Å²) in [6.07, 6.45) is 2.45. The van der Waals surface area contributed by atoms with Crippen LogP contribution in [0.25, 0.3) is 0 Å². The van der Waals surface area contributed by atoms with E-state index in [-0.39, 0.29) is 6.29 Å². The van der Waals surface area contributed by atoms with Gasteiger partial charge in [-0.25, -0.2) is 0 Å². The van der Waals surface area contributed by atoms with E-state index < -0.39 is 0 Å². The zero-order valence-corrected chi connectivity index (χ0v) is 6.71. The van der Waals surface area contributed by atoms with Crippen LogP contribution in [0.2, 0.25) is 0 Å².